The maximum absolute atomic E-state index is 11.7. The molecule has 17 heavy (non-hydrogen) atoms. The van der Waals surface area contributed by atoms with Crippen molar-refractivity contribution in [3.05, 3.63) is 0 Å². The third-order valence-corrected chi connectivity index (χ3v) is 3.12. The Morgan fingerprint density at radius 1 is 1.35 bits per heavy atom. The summed E-state index contributed by atoms with van der Waals surface area (Å²) in [7, 11) is 0. The van der Waals surface area contributed by atoms with Gasteiger partial charge in [-0.2, -0.15) is 0 Å². The first kappa shape index (κ1) is 14.3. The van der Waals surface area contributed by atoms with Crippen molar-refractivity contribution in [2.24, 2.45) is 5.92 Å². The summed E-state index contributed by atoms with van der Waals surface area (Å²) < 4.78 is 5.30. The molecule has 1 amide bonds. The molecular formula is C13H26N2O2. The quantitative estimate of drug-likeness (QED) is 0.781. The van der Waals surface area contributed by atoms with Gasteiger partial charge in [0.1, 0.15) is 5.60 Å². The standard InChI is InChI=1S/C13H26N2O2/c1-5-10-6-8-14-9-7-11(10)15-12(16)17-13(2,3)4/h10-11,14H,5-9H2,1-4H3,(H,15,16). The fraction of sp³-hybridized carbons (Fsp3) is 0.923. The third-order valence-electron chi connectivity index (χ3n) is 3.12. The SMILES string of the molecule is CCC1CCNCCC1NC(=O)OC(C)(C)C. The van der Waals surface area contributed by atoms with Gasteiger partial charge < -0.3 is 15.4 Å². The van der Waals surface area contributed by atoms with E-state index in [2.05, 4.69) is 17.6 Å². The highest BCUT2D eigenvalue weighted by atomic mass is 16.6. The van der Waals surface area contributed by atoms with Crippen LogP contribution in [-0.2, 0) is 4.74 Å². The molecule has 2 N–H and O–H groups in total. The summed E-state index contributed by atoms with van der Waals surface area (Å²) >= 11 is 0. The first-order valence-corrected chi connectivity index (χ1v) is 6.62. The van der Waals surface area contributed by atoms with Crippen molar-refractivity contribution in [2.45, 2.75) is 58.6 Å². The normalized spacial score (nSPS) is 26.1. The number of rotatable bonds is 2. The van der Waals surface area contributed by atoms with Crippen LogP contribution in [-0.4, -0.2) is 30.8 Å². The van der Waals surface area contributed by atoms with Gasteiger partial charge in [-0.1, -0.05) is 13.3 Å². The summed E-state index contributed by atoms with van der Waals surface area (Å²) in [4.78, 5) is 11.7. The lowest BCUT2D eigenvalue weighted by Crippen LogP contribution is -2.43. The minimum absolute atomic E-state index is 0.241. The van der Waals surface area contributed by atoms with Crippen LogP contribution in [0.1, 0.15) is 47.0 Å². The van der Waals surface area contributed by atoms with Crippen LogP contribution in [0.15, 0.2) is 0 Å². The first-order chi connectivity index (χ1) is 7.92. The summed E-state index contributed by atoms with van der Waals surface area (Å²) in [5, 5.41) is 6.39. The van der Waals surface area contributed by atoms with E-state index in [1.807, 2.05) is 20.8 Å². The van der Waals surface area contributed by atoms with Crippen molar-refractivity contribution < 1.29 is 9.53 Å². The fourth-order valence-electron chi connectivity index (χ4n) is 2.24. The fourth-order valence-corrected chi connectivity index (χ4v) is 2.24. The number of nitrogens with one attached hydrogen (secondary N) is 2. The highest BCUT2D eigenvalue weighted by molar-refractivity contribution is 5.68. The second-order valence-electron chi connectivity index (χ2n) is 5.75. The number of hydrogen-bond donors (Lipinski definition) is 2. The summed E-state index contributed by atoms with van der Waals surface area (Å²) in [6.07, 6.45) is 2.92. The molecule has 1 saturated heterocycles. The number of hydrogen-bond acceptors (Lipinski definition) is 3. The van der Waals surface area contributed by atoms with Crippen LogP contribution in [0, 0.1) is 5.92 Å². The molecule has 0 saturated carbocycles. The second kappa shape index (κ2) is 6.24. The maximum Gasteiger partial charge on any atom is 0.407 e. The highest BCUT2D eigenvalue weighted by Crippen LogP contribution is 2.18. The Kier molecular flexibility index (Phi) is 5.25. The molecular weight excluding hydrogens is 216 g/mol. The molecule has 2 unspecified atom stereocenters. The Hall–Kier alpha value is -0.770. The number of alkyl carbamates (subject to hydrolysis) is 1. The van der Waals surface area contributed by atoms with Crippen LogP contribution in [0.3, 0.4) is 0 Å². The van der Waals surface area contributed by atoms with Crippen molar-refractivity contribution in [2.75, 3.05) is 13.1 Å². The average molecular weight is 242 g/mol. The molecule has 0 aromatic carbocycles. The summed E-state index contributed by atoms with van der Waals surface area (Å²) in [6, 6.07) is 0.241. The molecule has 0 aliphatic carbocycles. The number of amides is 1. The van der Waals surface area contributed by atoms with Crippen molar-refractivity contribution in [1.29, 1.82) is 0 Å². The van der Waals surface area contributed by atoms with Gasteiger partial charge in [-0.05, 0) is 52.6 Å². The van der Waals surface area contributed by atoms with E-state index in [-0.39, 0.29) is 12.1 Å². The predicted molar refractivity (Wildman–Crippen MR) is 69.0 cm³/mol. The van der Waals surface area contributed by atoms with Gasteiger partial charge in [0.15, 0.2) is 0 Å². The monoisotopic (exact) mass is 242 g/mol. The zero-order valence-corrected chi connectivity index (χ0v) is 11.5. The molecule has 0 aromatic rings. The van der Waals surface area contributed by atoms with Gasteiger partial charge in [-0.25, -0.2) is 4.79 Å². The van der Waals surface area contributed by atoms with Crippen LogP contribution in [0.5, 0.6) is 0 Å². The third kappa shape index (κ3) is 5.39. The molecule has 0 bridgehead atoms. The lowest BCUT2D eigenvalue weighted by Gasteiger charge is -2.27. The number of carbonyl (C=O) groups is 1. The van der Waals surface area contributed by atoms with Gasteiger partial charge in [0.25, 0.3) is 0 Å². The van der Waals surface area contributed by atoms with E-state index < -0.39 is 5.60 Å². The average Bonchev–Trinajstić information content (AvgIpc) is 2.39. The lowest BCUT2D eigenvalue weighted by atomic mass is 9.92. The molecule has 100 valence electrons. The van der Waals surface area contributed by atoms with Crippen molar-refractivity contribution >= 4 is 6.09 Å². The molecule has 4 heteroatoms. The van der Waals surface area contributed by atoms with Gasteiger partial charge in [0.05, 0.1) is 0 Å². The smallest absolute Gasteiger partial charge is 0.407 e. The lowest BCUT2D eigenvalue weighted by molar-refractivity contribution is 0.0483. The van der Waals surface area contributed by atoms with Gasteiger partial charge in [0.2, 0.25) is 0 Å². The molecule has 1 fully saturated rings. The van der Waals surface area contributed by atoms with E-state index in [0.29, 0.717) is 5.92 Å². The van der Waals surface area contributed by atoms with E-state index >= 15 is 0 Å². The van der Waals surface area contributed by atoms with E-state index in [1.165, 1.54) is 0 Å². The maximum atomic E-state index is 11.7. The van der Waals surface area contributed by atoms with Crippen LogP contribution < -0.4 is 10.6 Å². The van der Waals surface area contributed by atoms with Crippen molar-refractivity contribution in [3.8, 4) is 0 Å². The zero-order valence-electron chi connectivity index (χ0n) is 11.5. The van der Waals surface area contributed by atoms with E-state index in [4.69, 9.17) is 4.74 Å². The second-order valence-corrected chi connectivity index (χ2v) is 5.75. The van der Waals surface area contributed by atoms with E-state index in [0.717, 1.165) is 32.4 Å². The number of carbonyl (C=O) groups excluding carboxylic acids is 1. The van der Waals surface area contributed by atoms with Crippen LogP contribution in [0.4, 0.5) is 4.79 Å². The highest BCUT2D eigenvalue weighted by Gasteiger charge is 2.25. The zero-order chi connectivity index (χ0) is 12.9. The largest absolute Gasteiger partial charge is 0.444 e. The van der Waals surface area contributed by atoms with Crippen LogP contribution >= 0.6 is 0 Å². The summed E-state index contributed by atoms with van der Waals surface area (Å²) in [5.74, 6) is 0.553. The van der Waals surface area contributed by atoms with Gasteiger partial charge in [0, 0.05) is 6.04 Å². The topological polar surface area (TPSA) is 50.4 Å². The molecule has 1 heterocycles. The van der Waals surface area contributed by atoms with E-state index in [1.54, 1.807) is 0 Å². The molecule has 0 radical (unpaired) electrons. The molecule has 4 nitrogen and oxygen atoms in total. The van der Waals surface area contributed by atoms with Gasteiger partial charge >= 0.3 is 6.09 Å². The first-order valence-electron chi connectivity index (χ1n) is 6.62. The molecule has 2 atom stereocenters. The van der Waals surface area contributed by atoms with Crippen LogP contribution in [0.2, 0.25) is 0 Å². The molecule has 0 aromatic heterocycles. The van der Waals surface area contributed by atoms with Gasteiger partial charge in [-0.3, -0.25) is 0 Å². The van der Waals surface area contributed by atoms with Gasteiger partial charge in [-0.15, -0.1) is 0 Å². The predicted octanol–water partition coefficient (Wildman–Crippen LogP) is 2.29. The summed E-state index contributed by atoms with van der Waals surface area (Å²) in [5.41, 5.74) is -0.422. The Bertz CT molecular complexity index is 248. The summed E-state index contributed by atoms with van der Waals surface area (Å²) in [6.45, 7) is 9.86. The van der Waals surface area contributed by atoms with E-state index in [9.17, 15) is 4.79 Å². The Morgan fingerprint density at radius 3 is 2.59 bits per heavy atom. The number of ether oxygens (including phenoxy) is 1. The van der Waals surface area contributed by atoms with Crippen molar-refractivity contribution in [3.63, 3.8) is 0 Å². The molecule has 0 spiro atoms. The Balaban J connectivity index is 2.49. The molecule has 1 aliphatic rings. The molecule has 1 rings (SSSR count). The van der Waals surface area contributed by atoms with Crippen LogP contribution in [0.25, 0.3) is 0 Å². The van der Waals surface area contributed by atoms with Crippen molar-refractivity contribution in [1.82, 2.24) is 10.6 Å². The molecule has 1 aliphatic heterocycles. The Labute approximate surface area is 104 Å². The minimum Gasteiger partial charge on any atom is -0.444 e. The minimum atomic E-state index is -0.422. The Morgan fingerprint density at radius 2 is 2.00 bits per heavy atom.